The Balaban J connectivity index is 1.56. The third kappa shape index (κ3) is 4.76. The van der Waals surface area contributed by atoms with E-state index in [1.54, 1.807) is 32.5 Å². The van der Waals surface area contributed by atoms with Crippen molar-refractivity contribution in [3.05, 3.63) is 72.2 Å². The monoisotopic (exact) mass is 378 g/mol. The number of para-hydroxylation sites is 3. The SMILES string of the molecule is COc1ccccc1CCNc1cnc(C(=O)Nc2ccccc2OC)cn1. The Hall–Kier alpha value is -3.61. The van der Waals surface area contributed by atoms with Crippen LogP contribution in [0.1, 0.15) is 16.1 Å². The van der Waals surface area contributed by atoms with E-state index >= 15 is 0 Å². The maximum atomic E-state index is 12.4. The lowest BCUT2D eigenvalue weighted by molar-refractivity contribution is 0.102. The van der Waals surface area contributed by atoms with Gasteiger partial charge in [0.2, 0.25) is 0 Å². The first kappa shape index (κ1) is 19.2. The first-order chi connectivity index (χ1) is 13.7. The number of hydrogen-bond acceptors (Lipinski definition) is 6. The van der Waals surface area contributed by atoms with Crippen molar-refractivity contribution in [1.29, 1.82) is 0 Å². The number of carbonyl (C=O) groups is 1. The standard InChI is InChI=1S/C21H22N4O3/c1-27-18-9-5-3-7-15(18)11-12-22-20-14-23-17(13-24-20)21(26)25-16-8-4-6-10-19(16)28-2/h3-10,13-14H,11-12H2,1-2H3,(H,22,24)(H,25,26). The lowest BCUT2D eigenvalue weighted by Crippen LogP contribution is -2.15. The van der Waals surface area contributed by atoms with Crippen molar-refractivity contribution in [1.82, 2.24) is 9.97 Å². The van der Waals surface area contributed by atoms with Gasteiger partial charge in [-0.25, -0.2) is 9.97 Å². The van der Waals surface area contributed by atoms with Crippen molar-refractivity contribution in [2.75, 3.05) is 31.4 Å². The molecule has 0 aliphatic heterocycles. The van der Waals surface area contributed by atoms with Gasteiger partial charge in [0.1, 0.15) is 23.0 Å². The maximum absolute atomic E-state index is 12.4. The van der Waals surface area contributed by atoms with Gasteiger partial charge in [-0.1, -0.05) is 30.3 Å². The summed E-state index contributed by atoms with van der Waals surface area (Å²) in [6.07, 6.45) is 3.76. The number of ether oxygens (including phenoxy) is 2. The Bertz CT molecular complexity index is 929. The van der Waals surface area contributed by atoms with Gasteiger partial charge in [0, 0.05) is 6.54 Å². The number of anilines is 2. The van der Waals surface area contributed by atoms with E-state index in [1.165, 1.54) is 6.20 Å². The lowest BCUT2D eigenvalue weighted by atomic mass is 10.1. The van der Waals surface area contributed by atoms with Crippen LogP contribution in [0.2, 0.25) is 0 Å². The number of carbonyl (C=O) groups excluding carboxylic acids is 1. The van der Waals surface area contributed by atoms with Crippen molar-refractivity contribution in [3.63, 3.8) is 0 Å². The molecule has 1 amide bonds. The molecular weight excluding hydrogens is 356 g/mol. The van der Waals surface area contributed by atoms with Gasteiger partial charge in [-0.15, -0.1) is 0 Å². The van der Waals surface area contributed by atoms with Crippen LogP contribution in [0.5, 0.6) is 11.5 Å². The third-order valence-corrected chi connectivity index (χ3v) is 4.13. The first-order valence-corrected chi connectivity index (χ1v) is 8.83. The molecule has 0 aliphatic rings. The summed E-state index contributed by atoms with van der Waals surface area (Å²) < 4.78 is 10.6. The Morgan fingerprint density at radius 2 is 1.64 bits per heavy atom. The molecule has 1 aromatic heterocycles. The average Bonchev–Trinajstić information content (AvgIpc) is 2.75. The van der Waals surface area contributed by atoms with Gasteiger partial charge in [0.05, 0.1) is 32.3 Å². The fraction of sp³-hybridized carbons (Fsp3) is 0.190. The van der Waals surface area contributed by atoms with Crippen LogP contribution in [0.25, 0.3) is 0 Å². The second-order valence-electron chi connectivity index (χ2n) is 5.93. The molecule has 0 aliphatic carbocycles. The highest BCUT2D eigenvalue weighted by Crippen LogP contribution is 2.23. The minimum atomic E-state index is -0.349. The molecular formula is C21H22N4O3. The van der Waals surface area contributed by atoms with Gasteiger partial charge in [0.25, 0.3) is 5.91 Å². The van der Waals surface area contributed by atoms with Crippen LogP contribution in [0.4, 0.5) is 11.5 Å². The molecule has 3 aromatic rings. The van der Waals surface area contributed by atoms with E-state index < -0.39 is 0 Å². The molecule has 7 heteroatoms. The Labute approximate surface area is 163 Å². The van der Waals surface area contributed by atoms with E-state index in [1.807, 2.05) is 36.4 Å². The second-order valence-corrected chi connectivity index (χ2v) is 5.93. The minimum Gasteiger partial charge on any atom is -0.496 e. The zero-order valence-electron chi connectivity index (χ0n) is 15.8. The van der Waals surface area contributed by atoms with E-state index in [9.17, 15) is 4.79 Å². The smallest absolute Gasteiger partial charge is 0.275 e. The van der Waals surface area contributed by atoms with Crippen molar-refractivity contribution in [3.8, 4) is 11.5 Å². The minimum absolute atomic E-state index is 0.223. The van der Waals surface area contributed by atoms with E-state index in [-0.39, 0.29) is 11.6 Å². The zero-order valence-corrected chi connectivity index (χ0v) is 15.8. The molecule has 0 saturated carbocycles. The summed E-state index contributed by atoms with van der Waals surface area (Å²) in [6.45, 7) is 0.668. The van der Waals surface area contributed by atoms with Gasteiger partial charge in [-0.05, 0) is 30.2 Å². The molecule has 0 saturated heterocycles. The second kappa shape index (κ2) is 9.36. The highest BCUT2D eigenvalue weighted by atomic mass is 16.5. The van der Waals surface area contributed by atoms with E-state index in [0.29, 0.717) is 23.8 Å². The average molecular weight is 378 g/mol. The van der Waals surface area contributed by atoms with Gasteiger partial charge in [-0.2, -0.15) is 0 Å². The van der Waals surface area contributed by atoms with Crippen LogP contribution >= 0.6 is 0 Å². The van der Waals surface area contributed by atoms with Crippen molar-refractivity contribution < 1.29 is 14.3 Å². The third-order valence-electron chi connectivity index (χ3n) is 4.13. The van der Waals surface area contributed by atoms with Gasteiger partial charge in [-0.3, -0.25) is 4.79 Å². The fourth-order valence-electron chi connectivity index (χ4n) is 2.71. The highest BCUT2D eigenvalue weighted by molar-refractivity contribution is 6.03. The quantitative estimate of drug-likeness (QED) is 0.625. The Morgan fingerprint density at radius 3 is 2.36 bits per heavy atom. The predicted molar refractivity (Wildman–Crippen MR) is 108 cm³/mol. The first-order valence-electron chi connectivity index (χ1n) is 8.83. The molecule has 0 atom stereocenters. The van der Waals surface area contributed by atoms with Crippen LogP contribution in [-0.2, 0) is 6.42 Å². The molecule has 0 fully saturated rings. The van der Waals surface area contributed by atoms with Gasteiger partial charge in [0.15, 0.2) is 0 Å². The molecule has 0 unspecified atom stereocenters. The van der Waals surface area contributed by atoms with Crippen molar-refractivity contribution in [2.24, 2.45) is 0 Å². The molecule has 0 radical (unpaired) electrons. The van der Waals surface area contributed by atoms with E-state index in [4.69, 9.17) is 9.47 Å². The van der Waals surface area contributed by atoms with Crippen LogP contribution in [-0.4, -0.2) is 36.6 Å². The number of nitrogens with one attached hydrogen (secondary N) is 2. The lowest BCUT2D eigenvalue weighted by Gasteiger charge is -2.10. The molecule has 7 nitrogen and oxygen atoms in total. The summed E-state index contributed by atoms with van der Waals surface area (Å²) in [5, 5.41) is 5.97. The van der Waals surface area contributed by atoms with Gasteiger partial charge < -0.3 is 20.1 Å². The van der Waals surface area contributed by atoms with E-state index in [2.05, 4.69) is 20.6 Å². The molecule has 2 aromatic carbocycles. The Kier molecular flexibility index (Phi) is 6.41. The number of hydrogen-bond donors (Lipinski definition) is 2. The summed E-state index contributed by atoms with van der Waals surface area (Å²) in [6, 6.07) is 15.1. The summed E-state index contributed by atoms with van der Waals surface area (Å²) in [7, 11) is 3.21. The molecule has 28 heavy (non-hydrogen) atoms. The molecule has 0 spiro atoms. The van der Waals surface area contributed by atoms with Crippen LogP contribution in [0.15, 0.2) is 60.9 Å². The maximum Gasteiger partial charge on any atom is 0.275 e. The van der Waals surface area contributed by atoms with Crippen LogP contribution in [0.3, 0.4) is 0 Å². The van der Waals surface area contributed by atoms with E-state index in [0.717, 1.165) is 17.7 Å². The summed E-state index contributed by atoms with van der Waals surface area (Å²) >= 11 is 0. The number of aromatic nitrogens is 2. The highest BCUT2D eigenvalue weighted by Gasteiger charge is 2.11. The zero-order chi connectivity index (χ0) is 19.8. The number of amides is 1. The summed E-state index contributed by atoms with van der Waals surface area (Å²) in [5.41, 5.74) is 1.91. The Morgan fingerprint density at radius 1 is 0.929 bits per heavy atom. The summed E-state index contributed by atoms with van der Waals surface area (Å²) in [5.74, 6) is 1.69. The normalized spacial score (nSPS) is 10.2. The fourth-order valence-corrected chi connectivity index (χ4v) is 2.71. The van der Waals surface area contributed by atoms with Crippen molar-refractivity contribution >= 4 is 17.4 Å². The van der Waals surface area contributed by atoms with Gasteiger partial charge >= 0.3 is 0 Å². The molecule has 144 valence electrons. The molecule has 2 N–H and O–H groups in total. The molecule has 0 bridgehead atoms. The number of benzene rings is 2. The number of rotatable bonds is 8. The predicted octanol–water partition coefficient (Wildman–Crippen LogP) is 3.40. The topological polar surface area (TPSA) is 85.4 Å². The van der Waals surface area contributed by atoms with Crippen LogP contribution < -0.4 is 20.1 Å². The largest absolute Gasteiger partial charge is 0.496 e. The molecule has 1 heterocycles. The van der Waals surface area contributed by atoms with Crippen LogP contribution in [0, 0.1) is 0 Å². The number of methoxy groups -OCH3 is 2. The summed E-state index contributed by atoms with van der Waals surface area (Å²) in [4.78, 5) is 20.8. The number of nitrogens with zero attached hydrogens (tertiary/aromatic N) is 2. The van der Waals surface area contributed by atoms with Crippen molar-refractivity contribution in [2.45, 2.75) is 6.42 Å². The molecule has 3 rings (SSSR count).